The van der Waals surface area contributed by atoms with Crippen LogP contribution in [-0.2, 0) is 11.0 Å². The molecule has 1 aliphatic heterocycles. The van der Waals surface area contributed by atoms with E-state index in [0.29, 0.717) is 11.3 Å². The standard InChI is InChI=1S/C21H21F3N2OS/c22-21(23,24)16-10-6-11-17-20(16)15-9-4-5-12-18(15)28-26(17)13-19(27)25-14-7-2-1-3-8-14/h4-6,9-12,14H,1-3,7-8,13H2,(H,25,27). The average Bonchev–Trinajstić information content (AvgIpc) is 2.67. The van der Waals surface area contributed by atoms with Gasteiger partial charge in [0.1, 0.15) is 6.54 Å². The van der Waals surface area contributed by atoms with Gasteiger partial charge in [-0.25, -0.2) is 0 Å². The highest BCUT2D eigenvalue weighted by atomic mass is 32.2. The van der Waals surface area contributed by atoms with Crippen LogP contribution in [-0.4, -0.2) is 18.5 Å². The third-order valence-corrected chi connectivity index (χ3v) is 6.34. The van der Waals surface area contributed by atoms with E-state index in [1.807, 2.05) is 0 Å². The molecule has 1 aliphatic carbocycles. The van der Waals surface area contributed by atoms with Crippen molar-refractivity contribution < 1.29 is 18.0 Å². The second-order valence-electron chi connectivity index (χ2n) is 7.22. The van der Waals surface area contributed by atoms with Gasteiger partial charge in [-0.2, -0.15) is 13.2 Å². The second-order valence-corrected chi connectivity index (χ2v) is 8.29. The Morgan fingerprint density at radius 2 is 1.82 bits per heavy atom. The molecule has 0 bridgehead atoms. The number of alkyl halides is 3. The largest absolute Gasteiger partial charge is 0.417 e. The number of amides is 1. The first-order valence-corrected chi connectivity index (χ1v) is 10.3. The van der Waals surface area contributed by atoms with Gasteiger partial charge in [0, 0.05) is 16.5 Å². The molecule has 2 aliphatic rings. The molecule has 0 atom stereocenters. The van der Waals surface area contributed by atoms with Gasteiger partial charge in [0.15, 0.2) is 0 Å². The van der Waals surface area contributed by atoms with Crippen LogP contribution in [0.2, 0.25) is 0 Å². The maximum absolute atomic E-state index is 13.7. The fourth-order valence-electron chi connectivity index (χ4n) is 3.96. The summed E-state index contributed by atoms with van der Waals surface area (Å²) in [6.45, 7) is 0.0177. The Morgan fingerprint density at radius 3 is 2.57 bits per heavy atom. The third-order valence-electron chi connectivity index (χ3n) is 5.24. The van der Waals surface area contributed by atoms with E-state index in [-0.39, 0.29) is 24.1 Å². The topological polar surface area (TPSA) is 32.3 Å². The maximum Gasteiger partial charge on any atom is 0.417 e. The van der Waals surface area contributed by atoms with Crippen LogP contribution in [0.3, 0.4) is 0 Å². The molecule has 2 aromatic rings. The number of carbonyl (C=O) groups excluding carboxylic acids is 1. The quantitative estimate of drug-likeness (QED) is 0.669. The highest BCUT2D eigenvalue weighted by Crippen LogP contribution is 2.50. The fourth-order valence-corrected chi connectivity index (χ4v) is 5.03. The zero-order valence-electron chi connectivity index (χ0n) is 15.3. The predicted molar refractivity (Wildman–Crippen MR) is 105 cm³/mol. The van der Waals surface area contributed by atoms with Gasteiger partial charge in [-0.3, -0.25) is 4.79 Å². The van der Waals surface area contributed by atoms with E-state index >= 15 is 0 Å². The monoisotopic (exact) mass is 406 g/mol. The number of halogens is 3. The van der Waals surface area contributed by atoms with Crippen molar-refractivity contribution >= 4 is 23.5 Å². The number of anilines is 1. The molecule has 1 heterocycles. The molecule has 0 radical (unpaired) electrons. The summed E-state index contributed by atoms with van der Waals surface area (Å²) in [6.07, 6.45) is 0.880. The van der Waals surface area contributed by atoms with Crippen LogP contribution < -0.4 is 9.62 Å². The Hall–Kier alpha value is -2.15. The van der Waals surface area contributed by atoms with Crippen LogP contribution >= 0.6 is 11.9 Å². The molecule has 1 saturated carbocycles. The fraction of sp³-hybridized carbons (Fsp3) is 0.381. The molecule has 2 aromatic carbocycles. The van der Waals surface area contributed by atoms with Gasteiger partial charge in [-0.15, -0.1) is 0 Å². The van der Waals surface area contributed by atoms with Crippen LogP contribution in [0.4, 0.5) is 18.9 Å². The molecular formula is C21H21F3N2OS. The van der Waals surface area contributed by atoms with Gasteiger partial charge in [0.2, 0.25) is 5.91 Å². The zero-order chi connectivity index (χ0) is 19.7. The van der Waals surface area contributed by atoms with Gasteiger partial charge < -0.3 is 9.62 Å². The molecule has 4 rings (SSSR count). The van der Waals surface area contributed by atoms with E-state index < -0.39 is 11.7 Å². The minimum atomic E-state index is -4.46. The molecule has 148 valence electrons. The van der Waals surface area contributed by atoms with Crippen molar-refractivity contribution in [2.45, 2.75) is 49.2 Å². The normalized spacial score (nSPS) is 17.0. The first kappa shape index (κ1) is 19.2. The Morgan fingerprint density at radius 1 is 1.07 bits per heavy atom. The maximum atomic E-state index is 13.7. The van der Waals surface area contributed by atoms with Crippen molar-refractivity contribution in [3.63, 3.8) is 0 Å². The van der Waals surface area contributed by atoms with Crippen molar-refractivity contribution in [1.29, 1.82) is 0 Å². The molecule has 0 aromatic heterocycles. The highest BCUT2D eigenvalue weighted by molar-refractivity contribution is 8.01. The number of hydrogen-bond donors (Lipinski definition) is 1. The van der Waals surface area contributed by atoms with Crippen LogP contribution in [0.25, 0.3) is 11.1 Å². The van der Waals surface area contributed by atoms with Crippen molar-refractivity contribution in [3.8, 4) is 11.1 Å². The van der Waals surface area contributed by atoms with Gasteiger partial charge in [-0.1, -0.05) is 43.5 Å². The molecule has 7 heteroatoms. The van der Waals surface area contributed by atoms with Gasteiger partial charge in [0.25, 0.3) is 0 Å². The first-order chi connectivity index (χ1) is 13.4. The van der Waals surface area contributed by atoms with Gasteiger partial charge in [-0.05, 0) is 48.6 Å². The lowest BCUT2D eigenvalue weighted by molar-refractivity contribution is -0.137. The SMILES string of the molecule is O=C(CN1Sc2ccccc2-c2c1cccc2C(F)(F)F)NC1CCCCC1. The van der Waals surface area contributed by atoms with E-state index in [9.17, 15) is 18.0 Å². The van der Waals surface area contributed by atoms with Crippen molar-refractivity contribution in [2.75, 3.05) is 10.8 Å². The molecule has 0 spiro atoms. The molecule has 1 amide bonds. The Bertz CT molecular complexity index is 878. The number of nitrogens with zero attached hydrogens (tertiary/aromatic N) is 1. The molecule has 1 fully saturated rings. The van der Waals surface area contributed by atoms with Gasteiger partial charge in [0.05, 0.1) is 11.3 Å². The van der Waals surface area contributed by atoms with E-state index in [4.69, 9.17) is 0 Å². The van der Waals surface area contributed by atoms with Gasteiger partial charge >= 0.3 is 6.18 Å². The number of hydrogen-bond acceptors (Lipinski definition) is 3. The summed E-state index contributed by atoms with van der Waals surface area (Å²) < 4.78 is 42.7. The van der Waals surface area contributed by atoms with E-state index in [1.54, 1.807) is 34.6 Å². The summed E-state index contributed by atoms with van der Waals surface area (Å²) in [4.78, 5) is 13.3. The van der Waals surface area contributed by atoms with Crippen LogP contribution in [0, 0.1) is 0 Å². The number of benzene rings is 2. The second kappa shape index (κ2) is 7.70. The highest BCUT2D eigenvalue weighted by Gasteiger charge is 2.38. The molecule has 28 heavy (non-hydrogen) atoms. The molecular weight excluding hydrogens is 385 g/mol. The number of nitrogens with one attached hydrogen (secondary N) is 1. The van der Waals surface area contributed by atoms with Crippen molar-refractivity contribution in [2.24, 2.45) is 0 Å². The summed E-state index contributed by atoms with van der Waals surface area (Å²) in [5.74, 6) is -0.151. The lowest BCUT2D eigenvalue weighted by Gasteiger charge is -2.33. The van der Waals surface area contributed by atoms with Crippen LogP contribution in [0.1, 0.15) is 37.7 Å². The van der Waals surface area contributed by atoms with E-state index in [1.165, 1.54) is 24.4 Å². The molecule has 0 unspecified atom stereocenters. The molecule has 1 N–H and O–H groups in total. The van der Waals surface area contributed by atoms with Crippen LogP contribution in [0.5, 0.6) is 0 Å². The number of rotatable bonds is 3. The number of carbonyl (C=O) groups is 1. The first-order valence-electron chi connectivity index (χ1n) is 9.48. The lowest BCUT2D eigenvalue weighted by Crippen LogP contribution is -2.41. The van der Waals surface area contributed by atoms with E-state index in [2.05, 4.69) is 5.32 Å². The summed E-state index contributed by atoms with van der Waals surface area (Å²) in [5, 5.41) is 3.05. The molecule has 0 saturated heterocycles. The summed E-state index contributed by atoms with van der Waals surface area (Å²) in [7, 11) is 0. The minimum Gasteiger partial charge on any atom is -0.352 e. The lowest BCUT2D eigenvalue weighted by atomic mass is 9.95. The van der Waals surface area contributed by atoms with Crippen LogP contribution in [0.15, 0.2) is 47.4 Å². The Labute approximate surface area is 166 Å². The van der Waals surface area contributed by atoms with Crippen molar-refractivity contribution in [1.82, 2.24) is 5.32 Å². The summed E-state index contributed by atoms with van der Waals surface area (Å²) >= 11 is 1.31. The van der Waals surface area contributed by atoms with Crippen molar-refractivity contribution in [3.05, 3.63) is 48.0 Å². The minimum absolute atomic E-state index is 0.0177. The molecule has 3 nitrogen and oxygen atoms in total. The predicted octanol–water partition coefficient (Wildman–Crippen LogP) is 5.65. The summed E-state index contributed by atoms with van der Waals surface area (Å²) in [5.41, 5.74) is 0.460. The zero-order valence-corrected chi connectivity index (χ0v) is 16.1. The average molecular weight is 406 g/mol. The summed E-state index contributed by atoms with van der Waals surface area (Å²) in [6, 6.07) is 11.4. The third kappa shape index (κ3) is 3.85. The van der Waals surface area contributed by atoms with E-state index in [0.717, 1.165) is 36.6 Å². The Kier molecular flexibility index (Phi) is 5.27. The number of fused-ring (bicyclic) bond motifs is 3. The smallest absolute Gasteiger partial charge is 0.352 e. The Balaban J connectivity index is 1.65.